The molecule has 0 atom stereocenters. The quantitative estimate of drug-likeness (QED) is 0.867. The molecular weight excluding hydrogens is 274 g/mol. The summed E-state index contributed by atoms with van der Waals surface area (Å²) in [5, 5.41) is 10.2. The van der Waals surface area contributed by atoms with E-state index in [1.54, 1.807) is 6.92 Å². The molecule has 1 N–H and O–H groups in total. The lowest BCUT2D eigenvalue weighted by Crippen LogP contribution is -2.32. The Bertz CT molecular complexity index is 545. The number of hydrogen-bond acceptors (Lipinski definition) is 4. The van der Waals surface area contributed by atoms with E-state index in [-0.39, 0.29) is 9.77 Å². The fourth-order valence-corrected chi connectivity index (χ4v) is 4.51. The van der Waals surface area contributed by atoms with E-state index in [4.69, 9.17) is 5.11 Å². The predicted molar refractivity (Wildman–Crippen MR) is 68.4 cm³/mol. The SMILES string of the molecule is CCN(CC1CC1)S(=O)(=O)c1cc(C(=O)O)cs1. The van der Waals surface area contributed by atoms with Gasteiger partial charge in [-0.05, 0) is 24.8 Å². The first-order valence-electron chi connectivity index (χ1n) is 5.77. The van der Waals surface area contributed by atoms with Crippen LogP contribution in [0.15, 0.2) is 15.7 Å². The van der Waals surface area contributed by atoms with Gasteiger partial charge < -0.3 is 5.11 Å². The molecule has 1 aliphatic carbocycles. The molecule has 7 heteroatoms. The van der Waals surface area contributed by atoms with Gasteiger partial charge in [0, 0.05) is 18.5 Å². The van der Waals surface area contributed by atoms with Crippen molar-refractivity contribution in [3.8, 4) is 0 Å². The van der Waals surface area contributed by atoms with Crippen molar-refractivity contribution in [2.75, 3.05) is 13.1 Å². The maximum absolute atomic E-state index is 12.3. The lowest BCUT2D eigenvalue weighted by Gasteiger charge is -2.18. The van der Waals surface area contributed by atoms with Crippen molar-refractivity contribution in [1.82, 2.24) is 4.31 Å². The fraction of sp³-hybridized carbons (Fsp3) is 0.545. The third-order valence-electron chi connectivity index (χ3n) is 2.93. The molecule has 1 saturated carbocycles. The monoisotopic (exact) mass is 289 g/mol. The van der Waals surface area contributed by atoms with Crippen LogP contribution in [0, 0.1) is 5.92 Å². The van der Waals surface area contributed by atoms with Crippen molar-refractivity contribution in [3.05, 3.63) is 17.0 Å². The van der Waals surface area contributed by atoms with Gasteiger partial charge in [-0.2, -0.15) is 4.31 Å². The van der Waals surface area contributed by atoms with Crippen LogP contribution in [-0.4, -0.2) is 36.9 Å². The Morgan fingerprint density at radius 3 is 2.67 bits per heavy atom. The largest absolute Gasteiger partial charge is 0.478 e. The van der Waals surface area contributed by atoms with Gasteiger partial charge in [0.05, 0.1) is 5.56 Å². The Labute approximate surface area is 110 Å². The van der Waals surface area contributed by atoms with Gasteiger partial charge in [-0.1, -0.05) is 6.92 Å². The Morgan fingerprint density at radius 1 is 1.56 bits per heavy atom. The van der Waals surface area contributed by atoms with Crippen molar-refractivity contribution in [1.29, 1.82) is 0 Å². The summed E-state index contributed by atoms with van der Waals surface area (Å²) in [6.45, 7) is 2.75. The first kappa shape index (κ1) is 13.5. The molecule has 1 fully saturated rings. The van der Waals surface area contributed by atoms with E-state index < -0.39 is 16.0 Å². The molecule has 100 valence electrons. The molecule has 18 heavy (non-hydrogen) atoms. The van der Waals surface area contributed by atoms with Gasteiger partial charge in [0.25, 0.3) is 10.0 Å². The maximum Gasteiger partial charge on any atom is 0.336 e. The van der Waals surface area contributed by atoms with Crippen LogP contribution < -0.4 is 0 Å². The summed E-state index contributed by atoms with van der Waals surface area (Å²) in [6.07, 6.45) is 2.16. The Kier molecular flexibility index (Phi) is 3.74. The second-order valence-corrected chi connectivity index (χ2v) is 7.43. The minimum atomic E-state index is -3.53. The molecule has 0 unspecified atom stereocenters. The van der Waals surface area contributed by atoms with Crippen LogP contribution in [-0.2, 0) is 10.0 Å². The number of rotatable bonds is 6. The van der Waals surface area contributed by atoms with Crippen molar-refractivity contribution in [2.45, 2.75) is 24.0 Å². The molecule has 0 aliphatic heterocycles. The molecule has 0 spiro atoms. The highest BCUT2D eigenvalue weighted by Gasteiger charge is 2.31. The van der Waals surface area contributed by atoms with Crippen LogP contribution in [0.5, 0.6) is 0 Å². The number of nitrogens with zero attached hydrogens (tertiary/aromatic N) is 1. The van der Waals surface area contributed by atoms with Gasteiger partial charge in [0.1, 0.15) is 4.21 Å². The van der Waals surface area contributed by atoms with Crippen LogP contribution in [0.4, 0.5) is 0 Å². The standard InChI is InChI=1S/C11H15NO4S2/c1-2-12(6-8-3-4-8)18(15,16)10-5-9(7-17-10)11(13)14/h5,7-8H,2-4,6H2,1H3,(H,13,14). The maximum atomic E-state index is 12.3. The minimum Gasteiger partial charge on any atom is -0.478 e. The highest BCUT2D eigenvalue weighted by atomic mass is 32.2. The van der Waals surface area contributed by atoms with E-state index >= 15 is 0 Å². The lowest BCUT2D eigenvalue weighted by atomic mass is 10.4. The second-order valence-electron chi connectivity index (χ2n) is 4.36. The van der Waals surface area contributed by atoms with Crippen molar-refractivity contribution in [3.63, 3.8) is 0 Å². The molecule has 1 aromatic heterocycles. The number of thiophene rings is 1. The first-order valence-corrected chi connectivity index (χ1v) is 8.09. The minimum absolute atomic E-state index is 0.0288. The van der Waals surface area contributed by atoms with E-state index in [1.807, 2.05) is 0 Å². The number of carboxylic acids is 1. The number of aromatic carboxylic acids is 1. The third kappa shape index (κ3) is 2.73. The number of sulfonamides is 1. The van der Waals surface area contributed by atoms with E-state index in [9.17, 15) is 13.2 Å². The van der Waals surface area contributed by atoms with Crippen molar-refractivity contribution >= 4 is 27.3 Å². The number of carbonyl (C=O) groups is 1. The molecule has 2 rings (SSSR count). The van der Waals surface area contributed by atoms with Crippen LogP contribution in [0.2, 0.25) is 0 Å². The van der Waals surface area contributed by atoms with Gasteiger partial charge in [0.2, 0.25) is 0 Å². The van der Waals surface area contributed by atoms with Crippen molar-refractivity contribution in [2.24, 2.45) is 5.92 Å². The van der Waals surface area contributed by atoms with E-state index in [2.05, 4.69) is 0 Å². The van der Waals surface area contributed by atoms with Crippen LogP contribution in [0.1, 0.15) is 30.1 Å². The third-order valence-corrected chi connectivity index (χ3v) is 6.28. The summed E-state index contributed by atoms with van der Waals surface area (Å²) >= 11 is 0.966. The molecule has 0 radical (unpaired) electrons. The zero-order valence-corrected chi connectivity index (χ0v) is 11.6. The molecule has 0 saturated heterocycles. The van der Waals surface area contributed by atoms with Gasteiger partial charge in [-0.15, -0.1) is 11.3 Å². The van der Waals surface area contributed by atoms with Gasteiger partial charge in [-0.3, -0.25) is 0 Å². The summed E-state index contributed by atoms with van der Waals surface area (Å²) in [6, 6.07) is 1.23. The molecule has 1 aliphatic rings. The van der Waals surface area contributed by atoms with Crippen LogP contribution in [0.3, 0.4) is 0 Å². The molecule has 5 nitrogen and oxygen atoms in total. The topological polar surface area (TPSA) is 74.7 Å². The number of hydrogen-bond donors (Lipinski definition) is 1. The average Bonchev–Trinajstić information content (AvgIpc) is 2.97. The normalized spacial score (nSPS) is 16.1. The molecule has 0 bridgehead atoms. The van der Waals surface area contributed by atoms with E-state index in [1.165, 1.54) is 15.8 Å². The summed E-state index contributed by atoms with van der Waals surface area (Å²) < 4.78 is 26.2. The van der Waals surface area contributed by atoms with Gasteiger partial charge in [0.15, 0.2) is 0 Å². The molecule has 0 amide bonds. The Hall–Kier alpha value is -0.920. The second kappa shape index (κ2) is 4.99. The fourth-order valence-electron chi connectivity index (χ4n) is 1.68. The van der Waals surface area contributed by atoms with E-state index in [0.717, 1.165) is 24.2 Å². The smallest absolute Gasteiger partial charge is 0.336 e. The van der Waals surface area contributed by atoms with Crippen molar-refractivity contribution < 1.29 is 18.3 Å². The number of carboxylic acid groups (broad SMARTS) is 1. The Balaban J connectivity index is 2.23. The highest BCUT2D eigenvalue weighted by Crippen LogP contribution is 2.32. The van der Waals surface area contributed by atoms with Crippen LogP contribution in [0.25, 0.3) is 0 Å². The summed E-state index contributed by atoms with van der Waals surface area (Å²) in [5.41, 5.74) is 0.0288. The highest BCUT2D eigenvalue weighted by molar-refractivity contribution is 7.91. The Morgan fingerprint density at radius 2 is 2.22 bits per heavy atom. The molecular formula is C11H15NO4S2. The van der Waals surface area contributed by atoms with Gasteiger partial charge >= 0.3 is 5.97 Å². The van der Waals surface area contributed by atoms with E-state index in [0.29, 0.717) is 19.0 Å². The van der Waals surface area contributed by atoms with Gasteiger partial charge in [-0.25, -0.2) is 13.2 Å². The summed E-state index contributed by atoms with van der Waals surface area (Å²) in [4.78, 5) is 10.8. The summed E-state index contributed by atoms with van der Waals surface area (Å²) in [5.74, 6) is -0.628. The average molecular weight is 289 g/mol. The predicted octanol–water partition coefficient (Wildman–Crippen LogP) is 1.87. The van der Waals surface area contributed by atoms with Crippen LogP contribution >= 0.6 is 11.3 Å². The molecule has 1 aromatic rings. The lowest BCUT2D eigenvalue weighted by molar-refractivity contribution is 0.0697. The summed E-state index contributed by atoms with van der Waals surface area (Å²) in [7, 11) is -3.53. The molecule has 1 heterocycles. The zero-order valence-electron chi connectivity index (χ0n) is 10.00. The molecule has 0 aromatic carbocycles. The zero-order chi connectivity index (χ0) is 13.3. The first-order chi connectivity index (χ1) is 8.45.